The fourth-order valence-electron chi connectivity index (χ4n) is 1.37. The number of aromatic amines is 1. The van der Waals surface area contributed by atoms with E-state index in [-0.39, 0.29) is 5.91 Å². The van der Waals surface area contributed by atoms with Crippen LogP contribution in [0.3, 0.4) is 0 Å². The Morgan fingerprint density at radius 1 is 1.47 bits per heavy atom. The molecule has 0 atom stereocenters. The number of H-pyrrole nitrogens is 1. The van der Waals surface area contributed by atoms with Gasteiger partial charge in [0, 0.05) is 6.42 Å². The Balaban J connectivity index is 2.44. The van der Waals surface area contributed by atoms with Gasteiger partial charge >= 0.3 is 0 Å². The molecule has 0 fully saturated rings. The van der Waals surface area contributed by atoms with Crippen LogP contribution in [-0.4, -0.2) is 22.6 Å². The van der Waals surface area contributed by atoms with E-state index < -0.39 is 0 Å². The summed E-state index contributed by atoms with van der Waals surface area (Å²) in [5, 5.41) is 9.67. The lowest BCUT2D eigenvalue weighted by Gasteiger charge is -2.04. The van der Waals surface area contributed by atoms with Gasteiger partial charge in [0.15, 0.2) is 0 Å². The maximum absolute atomic E-state index is 11.5. The fraction of sp³-hybridized carbons (Fsp3) is 0.600. The summed E-state index contributed by atoms with van der Waals surface area (Å²) in [4.78, 5) is 11.5. The molecule has 0 saturated heterocycles. The normalized spacial score (nSPS) is 10.3. The predicted octanol–water partition coefficient (Wildman–Crippen LogP) is 1.09. The highest BCUT2D eigenvalue weighted by atomic mass is 16.1. The smallest absolute Gasteiger partial charge is 0.224 e. The minimum Gasteiger partial charge on any atom is -0.330 e. The second kappa shape index (κ2) is 5.50. The highest BCUT2D eigenvalue weighted by Crippen LogP contribution is 2.16. The van der Waals surface area contributed by atoms with Crippen molar-refractivity contribution in [3.8, 4) is 0 Å². The fourth-order valence-corrected chi connectivity index (χ4v) is 1.37. The van der Waals surface area contributed by atoms with Crippen molar-refractivity contribution in [2.75, 3.05) is 11.9 Å². The van der Waals surface area contributed by atoms with E-state index in [4.69, 9.17) is 5.73 Å². The first kappa shape index (κ1) is 11.7. The average Bonchev–Trinajstić information content (AvgIpc) is 2.50. The number of amides is 1. The van der Waals surface area contributed by atoms with Crippen LogP contribution in [0.2, 0.25) is 0 Å². The molecule has 0 spiro atoms. The summed E-state index contributed by atoms with van der Waals surface area (Å²) < 4.78 is 0. The van der Waals surface area contributed by atoms with E-state index in [1.54, 1.807) is 0 Å². The van der Waals surface area contributed by atoms with Crippen molar-refractivity contribution in [2.24, 2.45) is 5.73 Å². The molecule has 1 aromatic rings. The number of aryl methyl sites for hydroxylation is 2. The van der Waals surface area contributed by atoms with E-state index in [9.17, 15) is 4.79 Å². The Hall–Kier alpha value is -1.36. The van der Waals surface area contributed by atoms with Crippen LogP contribution in [0.4, 0.5) is 5.69 Å². The molecule has 5 heteroatoms. The summed E-state index contributed by atoms with van der Waals surface area (Å²) in [6, 6.07) is 0. The lowest BCUT2D eigenvalue weighted by atomic mass is 10.2. The van der Waals surface area contributed by atoms with Gasteiger partial charge in [0.1, 0.15) is 0 Å². The number of nitrogens with two attached hydrogens (primary N) is 1. The molecule has 1 amide bonds. The topological polar surface area (TPSA) is 83.8 Å². The van der Waals surface area contributed by atoms with Crippen LogP contribution in [-0.2, 0) is 4.79 Å². The summed E-state index contributed by atoms with van der Waals surface area (Å²) in [6.45, 7) is 4.38. The summed E-state index contributed by atoms with van der Waals surface area (Å²) in [5.74, 6) is 0.0241. The van der Waals surface area contributed by atoms with E-state index in [1.165, 1.54) is 0 Å². The second-order valence-corrected chi connectivity index (χ2v) is 3.60. The summed E-state index contributed by atoms with van der Waals surface area (Å²) >= 11 is 0. The van der Waals surface area contributed by atoms with Crippen molar-refractivity contribution in [1.29, 1.82) is 0 Å². The van der Waals surface area contributed by atoms with E-state index in [2.05, 4.69) is 15.5 Å². The summed E-state index contributed by atoms with van der Waals surface area (Å²) in [6.07, 6.45) is 2.23. The second-order valence-electron chi connectivity index (χ2n) is 3.60. The number of hydrogen-bond donors (Lipinski definition) is 3. The molecule has 0 aromatic carbocycles. The molecular weight excluding hydrogens is 192 g/mol. The molecule has 0 aliphatic heterocycles. The van der Waals surface area contributed by atoms with Gasteiger partial charge in [-0.15, -0.1) is 0 Å². The zero-order valence-electron chi connectivity index (χ0n) is 9.26. The number of carbonyl (C=O) groups is 1. The third-order valence-corrected chi connectivity index (χ3v) is 2.25. The Bertz CT molecular complexity index is 313. The van der Waals surface area contributed by atoms with Crippen LogP contribution in [0, 0.1) is 13.8 Å². The van der Waals surface area contributed by atoms with Gasteiger partial charge in [-0.25, -0.2) is 0 Å². The molecular formula is C10H18N4O. The number of carbonyl (C=O) groups excluding carboxylic acids is 1. The Kier molecular flexibility index (Phi) is 4.30. The monoisotopic (exact) mass is 210 g/mol. The Morgan fingerprint density at radius 2 is 2.20 bits per heavy atom. The van der Waals surface area contributed by atoms with Crippen LogP contribution < -0.4 is 11.1 Å². The molecule has 0 unspecified atom stereocenters. The van der Waals surface area contributed by atoms with Crippen molar-refractivity contribution < 1.29 is 4.79 Å². The molecule has 0 aliphatic rings. The highest BCUT2D eigenvalue weighted by Gasteiger charge is 2.09. The van der Waals surface area contributed by atoms with Gasteiger partial charge in [0.05, 0.1) is 17.1 Å². The van der Waals surface area contributed by atoms with Gasteiger partial charge in [-0.3, -0.25) is 9.89 Å². The van der Waals surface area contributed by atoms with Crippen LogP contribution in [0.1, 0.15) is 30.7 Å². The maximum atomic E-state index is 11.5. The van der Waals surface area contributed by atoms with Gasteiger partial charge < -0.3 is 11.1 Å². The molecule has 1 aromatic heterocycles. The highest BCUT2D eigenvalue weighted by molar-refractivity contribution is 5.91. The molecule has 5 nitrogen and oxygen atoms in total. The number of anilines is 1. The molecule has 15 heavy (non-hydrogen) atoms. The Labute approximate surface area is 89.4 Å². The van der Waals surface area contributed by atoms with Crippen LogP contribution in [0.15, 0.2) is 0 Å². The lowest BCUT2D eigenvalue weighted by Crippen LogP contribution is -2.13. The minimum atomic E-state index is 0.0241. The largest absolute Gasteiger partial charge is 0.330 e. The van der Waals surface area contributed by atoms with E-state index in [0.717, 1.165) is 29.9 Å². The molecule has 4 N–H and O–H groups in total. The van der Waals surface area contributed by atoms with Crippen molar-refractivity contribution >= 4 is 11.6 Å². The van der Waals surface area contributed by atoms with Gasteiger partial charge in [0.2, 0.25) is 5.91 Å². The summed E-state index contributed by atoms with van der Waals surface area (Å²) in [5.41, 5.74) is 7.86. The standard InChI is InChI=1S/C10H18N4O/c1-7-10(8(2)14-13-7)12-9(15)5-3-4-6-11/h3-6,11H2,1-2H3,(H,12,15)(H,13,14). The van der Waals surface area contributed by atoms with E-state index in [1.807, 2.05) is 13.8 Å². The molecule has 1 heterocycles. The van der Waals surface area contributed by atoms with Crippen molar-refractivity contribution in [2.45, 2.75) is 33.1 Å². The zero-order valence-corrected chi connectivity index (χ0v) is 9.26. The van der Waals surface area contributed by atoms with Crippen molar-refractivity contribution in [3.05, 3.63) is 11.4 Å². The molecule has 0 bridgehead atoms. The molecule has 84 valence electrons. The number of nitrogens with one attached hydrogen (secondary N) is 2. The molecule has 0 saturated carbocycles. The number of unbranched alkanes of at least 4 members (excludes halogenated alkanes) is 1. The average molecular weight is 210 g/mol. The van der Waals surface area contributed by atoms with Crippen LogP contribution >= 0.6 is 0 Å². The van der Waals surface area contributed by atoms with E-state index >= 15 is 0 Å². The van der Waals surface area contributed by atoms with Gasteiger partial charge in [0.25, 0.3) is 0 Å². The first-order valence-corrected chi connectivity index (χ1v) is 5.16. The number of hydrogen-bond acceptors (Lipinski definition) is 3. The van der Waals surface area contributed by atoms with Crippen LogP contribution in [0.5, 0.6) is 0 Å². The SMILES string of the molecule is Cc1n[nH]c(C)c1NC(=O)CCCCN. The van der Waals surface area contributed by atoms with Crippen LogP contribution in [0.25, 0.3) is 0 Å². The van der Waals surface area contributed by atoms with Gasteiger partial charge in [-0.2, -0.15) is 5.10 Å². The number of rotatable bonds is 5. The number of aromatic nitrogens is 2. The van der Waals surface area contributed by atoms with Gasteiger partial charge in [-0.1, -0.05) is 0 Å². The first-order valence-electron chi connectivity index (χ1n) is 5.16. The predicted molar refractivity (Wildman–Crippen MR) is 59.6 cm³/mol. The molecule has 1 rings (SSSR count). The zero-order chi connectivity index (χ0) is 11.3. The lowest BCUT2D eigenvalue weighted by molar-refractivity contribution is -0.116. The maximum Gasteiger partial charge on any atom is 0.224 e. The summed E-state index contributed by atoms with van der Waals surface area (Å²) in [7, 11) is 0. The van der Waals surface area contributed by atoms with Crippen molar-refractivity contribution in [1.82, 2.24) is 10.2 Å². The van der Waals surface area contributed by atoms with Gasteiger partial charge in [-0.05, 0) is 33.2 Å². The van der Waals surface area contributed by atoms with E-state index in [0.29, 0.717) is 13.0 Å². The molecule has 0 radical (unpaired) electrons. The molecule has 0 aliphatic carbocycles. The quantitative estimate of drug-likeness (QED) is 0.636. The Morgan fingerprint density at radius 3 is 2.73 bits per heavy atom. The third kappa shape index (κ3) is 3.36. The first-order chi connectivity index (χ1) is 7.15. The van der Waals surface area contributed by atoms with Crippen molar-refractivity contribution in [3.63, 3.8) is 0 Å². The minimum absolute atomic E-state index is 0.0241. The number of nitrogens with zero attached hydrogens (tertiary/aromatic N) is 1. The third-order valence-electron chi connectivity index (χ3n) is 2.25.